The van der Waals surface area contributed by atoms with Crippen molar-refractivity contribution >= 4 is 0 Å². The first-order valence-electron chi connectivity index (χ1n) is 4.88. The Hall–Kier alpha value is -1.06. The molecule has 1 atom stereocenters. The van der Waals surface area contributed by atoms with E-state index >= 15 is 0 Å². The second kappa shape index (κ2) is 5.62. The SMILES string of the molecule is CCOc1ccccc1C[C@@H](C)NO. The summed E-state index contributed by atoms with van der Waals surface area (Å²) in [7, 11) is 0. The first-order chi connectivity index (χ1) is 6.77. The van der Waals surface area contributed by atoms with Crippen molar-refractivity contribution < 1.29 is 9.94 Å². The molecule has 0 spiro atoms. The van der Waals surface area contributed by atoms with Gasteiger partial charge >= 0.3 is 0 Å². The fourth-order valence-corrected chi connectivity index (χ4v) is 1.34. The first kappa shape index (κ1) is 11.0. The number of benzene rings is 1. The summed E-state index contributed by atoms with van der Waals surface area (Å²) in [5, 5.41) is 8.73. The van der Waals surface area contributed by atoms with Crippen LogP contribution in [0.1, 0.15) is 19.4 Å². The van der Waals surface area contributed by atoms with Gasteiger partial charge < -0.3 is 9.94 Å². The zero-order valence-electron chi connectivity index (χ0n) is 8.66. The minimum absolute atomic E-state index is 0.0385. The molecule has 1 rings (SSSR count). The maximum atomic E-state index is 8.73. The van der Waals surface area contributed by atoms with Gasteiger partial charge in [0.25, 0.3) is 0 Å². The molecule has 1 aromatic rings. The summed E-state index contributed by atoms with van der Waals surface area (Å²) in [6.07, 6.45) is 0.757. The van der Waals surface area contributed by atoms with Crippen LogP contribution in [0.15, 0.2) is 24.3 Å². The minimum Gasteiger partial charge on any atom is -0.494 e. The maximum absolute atomic E-state index is 8.73. The molecule has 78 valence electrons. The molecule has 0 unspecified atom stereocenters. The lowest BCUT2D eigenvalue weighted by molar-refractivity contribution is 0.132. The van der Waals surface area contributed by atoms with Crippen LogP contribution in [0.3, 0.4) is 0 Å². The van der Waals surface area contributed by atoms with Gasteiger partial charge in [-0.1, -0.05) is 18.2 Å². The third kappa shape index (κ3) is 3.01. The Morgan fingerprint density at radius 2 is 2.14 bits per heavy atom. The monoisotopic (exact) mass is 195 g/mol. The zero-order valence-corrected chi connectivity index (χ0v) is 8.66. The van der Waals surface area contributed by atoms with Crippen LogP contribution in [0.5, 0.6) is 5.75 Å². The summed E-state index contributed by atoms with van der Waals surface area (Å²) in [6, 6.07) is 7.92. The van der Waals surface area contributed by atoms with E-state index in [2.05, 4.69) is 5.48 Å². The highest BCUT2D eigenvalue weighted by Gasteiger charge is 2.06. The molecule has 0 heterocycles. The van der Waals surface area contributed by atoms with Gasteiger partial charge in [0.15, 0.2) is 0 Å². The Bertz CT molecular complexity index is 276. The number of hydroxylamine groups is 1. The van der Waals surface area contributed by atoms with Gasteiger partial charge in [-0.15, -0.1) is 0 Å². The zero-order chi connectivity index (χ0) is 10.4. The van der Waals surface area contributed by atoms with Gasteiger partial charge in [-0.2, -0.15) is 0 Å². The number of hydrogen-bond acceptors (Lipinski definition) is 3. The molecule has 0 saturated heterocycles. The summed E-state index contributed by atoms with van der Waals surface area (Å²) in [4.78, 5) is 0. The lowest BCUT2D eigenvalue weighted by atomic mass is 10.1. The van der Waals surface area contributed by atoms with E-state index in [1.807, 2.05) is 38.1 Å². The van der Waals surface area contributed by atoms with E-state index in [0.717, 1.165) is 17.7 Å². The summed E-state index contributed by atoms with van der Waals surface area (Å²) in [5.74, 6) is 0.900. The smallest absolute Gasteiger partial charge is 0.122 e. The van der Waals surface area contributed by atoms with E-state index in [-0.39, 0.29) is 6.04 Å². The van der Waals surface area contributed by atoms with Crippen LogP contribution in [0, 0.1) is 0 Å². The van der Waals surface area contributed by atoms with E-state index in [1.165, 1.54) is 0 Å². The molecule has 14 heavy (non-hydrogen) atoms. The topological polar surface area (TPSA) is 41.5 Å². The summed E-state index contributed by atoms with van der Waals surface area (Å²) in [5.41, 5.74) is 3.34. The molecule has 0 aliphatic heterocycles. The largest absolute Gasteiger partial charge is 0.494 e. The summed E-state index contributed by atoms with van der Waals surface area (Å²) < 4.78 is 5.47. The number of rotatable bonds is 5. The van der Waals surface area contributed by atoms with Crippen molar-refractivity contribution in [2.45, 2.75) is 26.3 Å². The van der Waals surface area contributed by atoms with E-state index in [4.69, 9.17) is 9.94 Å². The van der Waals surface area contributed by atoms with Crippen LogP contribution < -0.4 is 10.2 Å². The van der Waals surface area contributed by atoms with Crippen LogP contribution in [-0.2, 0) is 6.42 Å². The highest BCUT2D eigenvalue weighted by Crippen LogP contribution is 2.19. The predicted molar refractivity (Wildman–Crippen MR) is 55.7 cm³/mol. The fraction of sp³-hybridized carbons (Fsp3) is 0.455. The predicted octanol–water partition coefficient (Wildman–Crippen LogP) is 2.00. The maximum Gasteiger partial charge on any atom is 0.122 e. The fourth-order valence-electron chi connectivity index (χ4n) is 1.34. The lowest BCUT2D eigenvalue weighted by Crippen LogP contribution is -2.24. The van der Waals surface area contributed by atoms with Crippen LogP contribution in [0.4, 0.5) is 0 Å². The van der Waals surface area contributed by atoms with E-state index < -0.39 is 0 Å². The van der Waals surface area contributed by atoms with Gasteiger partial charge in [0, 0.05) is 6.04 Å². The molecule has 0 aromatic heterocycles. The van der Waals surface area contributed by atoms with Crippen LogP contribution >= 0.6 is 0 Å². The molecule has 0 bridgehead atoms. The first-order valence-corrected chi connectivity index (χ1v) is 4.88. The Balaban J connectivity index is 2.73. The third-order valence-electron chi connectivity index (χ3n) is 2.02. The van der Waals surface area contributed by atoms with Gasteiger partial charge in [-0.05, 0) is 31.9 Å². The standard InChI is InChI=1S/C11H17NO2/c1-3-14-11-7-5-4-6-10(11)8-9(2)12-13/h4-7,9,12-13H,3,8H2,1-2H3/t9-/m1/s1. The van der Waals surface area contributed by atoms with Crippen molar-refractivity contribution in [3.63, 3.8) is 0 Å². The van der Waals surface area contributed by atoms with Crippen molar-refractivity contribution in [3.8, 4) is 5.75 Å². The number of nitrogens with one attached hydrogen (secondary N) is 1. The average Bonchev–Trinajstić information content (AvgIpc) is 2.21. The molecule has 0 aliphatic carbocycles. The molecule has 0 amide bonds. The molecule has 0 fully saturated rings. The molecular formula is C11H17NO2. The lowest BCUT2D eigenvalue weighted by Gasteiger charge is -2.13. The quantitative estimate of drug-likeness (QED) is 0.706. The molecule has 0 saturated carbocycles. The molecule has 3 heteroatoms. The minimum atomic E-state index is 0.0385. The van der Waals surface area contributed by atoms with Gasteiger partial charge in [-0.3, -0.25) is 0 Å². The van der Waals surface area contributed by atoms with Gasteiger partial charge in [0.1, 0.15) is 5.75 Å². The number of ether oxygens (including phenoxy) is 1. The van der Waals surface area contributed by atoms with Crippen molar-refractivity contribution in [1.29, 1.82) is 0 Å². The molecular weight excluding hydrogens is 178 g/mol. The van der Waals surface area contributed by atoms with Crippen molar-refractivity contribution in [2.24, 2.45) is 0 Å². The van der Waals surface area contributed by atoms with Crippen LogP contribution in [0.2, 0.25) is 0 Å². The Kier molecular flexibility index (Phi) is 4.43. The highest BCUT2D eigenvalue weighted by atomic mass is 16.5. The van der Waals surface area contributed by atoms with Gasteiger partial charge in [-0.25, -0.2) is 5.48 Å². The van der Waals surface area contributed by atoms with Gasteiger partial charge in [0.05, 0.1) is 6.61 Å². The number of hydrogen-bond donors (Lipinski definition) is 2. The van der Waals surface area contributed by atoms with Crippen LogP contribution in [-0.4, -0.2) is 17.9 Å². The molecule has 3 nitrogen and oxygen atoms in total. The van der Waals surface area contributed by atoms with Crippen molar-refractivity contribution in [2.75, 3.05) is 6.61 Å². The summed E-state index contributed by atoms with van der Waals surface area (Å²) >= 11 is 0. The molecule has 0 radical (unpaired) electrons. The van der Waals surface area contributed by atoms with Crippen molar-refractivity contribution in [1.82, 2.24) is 5.48 Å². The Morgan fingerprint density at radius 1 is 1.43 bits per heavy atom. The van der Waals surface area contributed by atoms with Crippen molar-refractivity contribution in [3.05, 3.63) is 29.8 Å². The van der Waals surface area contributed by atoms with Crippen LogP contribution in [0.25, 0.3) is 0 Å². The Labute approximate surface area is 84.7 Å². The van der Waals surface area contributed by atoms with E-state index in [0.29, 0.717) is 6.61 Å². The third-order valence-corrected chi connectivity index (χ3v) is 2.02. The summed E-state index contributed by atoms with van der Waals surface area (Å²) in [6.45, 7) is 4.55. The molecule has 1 aromatic carbocycles. The van der Waals surface area contributed by atoms with E-state index in [9.17, 15) is 0 Å². The Morgan fingerprint density at radius 3 is 2.79 bits per heavy atom. The van der Waals surface area contributed by atoms with E-state index in [1.54, 1.807) is 0 Å². The highest BCUT2D eigenvalue weighted by molar-refractivity contribution is 5.33. The number of para-hydroxylation sites is 1. The second-order valence-corrected chi connectivity index (χ2v) is 3.28. The normalized spacial score (nSPS) is 12.5. The second-order valence-electron chi connectivity index (χ2n) is 3.28. The van der Waals surface area contributed by atoms with Gasteiger partial charge in [0.2, 0.25) is 0 Å². The average molecular weight is 195 g/mol. The molecule has 0 aliphatic rings. The molecule has 2 N–H and O–H groups in total.